The highest BCUT2D eigenvalue weighted by Crippen LogP contribution is 2.19. The lowest BCUT2D eigenvalue weighted by Crippen LogP contribution is -2.30. The minimum absolute atomic E-state index is 0.165. The zero-order valence-corrected chi connectivity index (χ0v) is 10.8. The van der Waals surface area contributed by atoms with Crippen LogP contribution in [0.1, 0.15) is 36.0 Å². The molecular weight excluding hydrogens is 210 g/mol. The molecular formula is C15H21NO. The Labute approximate surface area is 103 Å². The van der Waals surface area contributed by atoms with Crippen LogP contribution in [0.3, 0.4) is 0 Å². The Morgan fingerprint density at radius 3 is 2.59 bits per heavy atom. The largest absolute Gasteiger partial charge is 0.356 e. The Morgan fingerprint density at radius 1 is 1.18 bits per heavy atom. The number of carbonyl (C=O) groups excluding carboxylic acids is 1. The molecule has 1 atom stereocenters. The van der Waals surface area contributed by atoms with Crippen molar-refractivity contribution in [2.24, 2.45) is 5.92 Å². The van der Waals surface area contributed by atoms with Gasteiger partial charge in [0.05, 0.1) is 0 Å². The van der Waals surface area contributed by atoms with E-state index in [1.54, 1.807) is 0 Å². The van der Waals surface area contributed by atoms with E-state index in [0.717, 1.165) is 32.2 Å². The van der Waals surface area contributed by atoms with Crippen LogP contribution in [0.5, 0.6) is 0 Å². The van der Waals surface area contributed by atoms with Crippen LogP contribution in [-0.2, 0) is 11.2 Å². The summed E-state index contributed by atoms with van der Waals surface area (Å²) in [5.41, 5.74) is 3.87. The third kappa shape index (κ3) is 3.32. The fraction of sp³-hybridized carbons (Fsp3) is 0.533. The Kier molecular flexibility index (Phi) is 3.82. The first kappa shape index (κ1) is 12.2. The number of amides is 1. The van der Waals surface area contributed by atoms with E-state index >= 15 is 0 Å². The van der Waals surface area contributed by atoms with Gasteiger partial charge >= 0.3 is 0 Å². The zero-order chi connectivity index (χ0) is 12.3. The van der Waals surface area contributed by atoms with Crippen LogP contribution in [0.4, 0.5) is 0 Å². The van der Waals surface area contributed by atoms with Crippen LogP contribution >= 0.6 is 0 Å². The molecule has 92 valence electrons. The zero-order valence-electron chi connectivity index (χ0n) is 10.8. The molecule has 1 amide bonds. The predicted octanol–water partition coefficient (Wildman–Crippen LogP) is 2.76. The summed E-state index contributed by atoms with van der Waals surface area (Å²) in [5, 5.41) is 3.01. The second kappa shape index (κ2) is 5.35. The minimum Gasteiger partial charge on any atom is -0.356 e. The molecule has 1 heterocycles. The number of rotatable bonds is 2. The summed E-state index contributed by atoms with van der Waals surface area (Å²) in [6.07, 6.45) is 4.19. The first-order chi connectivity index (χ1) is 8.15. The topological polar surface area (TPSA) is 29.1 Å². The third-order valence-electron chi connectivity index (χ3n) is 3.41. The van der Waals surface area contributed by atoms with Gasteiger partial charge in [-0.3, -0.25) is 4.79 Å². The van der Waals surface area contributed by atoms with Gasteiger partial charge in [0.15, 0.2) is 0 Å². The van der Waals surface area contributed by atoms with Gasteiger partial charge < -0.3 is 5.32 Å². The Hall–Kier alpha value is -1.31. The number of nitrogens with one attached hydrogen (secondary N) is 1. The molecule has 0 spiro atoms. The quantitative estimate of drug-likeness (QED) is 0.833. The van der Waals surface area contributed by atoms with E-state index in [0.29, 0.717) is 0 Å². The summed E-state index contributed by atoms with van der Waals surface area (Å²) in [6.45, 7) is 5.08. The van der Waals surface area contributed by atoms with Crippen molar-refractivity contribution in [1.82, 2.24) is 5.32 Å². The minimum atomic E-state index is 0.165. The molecule has 1 aromatic carbocycles. The average molecular weight is 231 g/mol. The number of hydrogen-bond donors (Lipinski definition) is 1. The van der Waals surface area contributed by atoms with Gasteiger partial charge in [-0.05, 0) is 38.7 Å². The van der Waals surface area contributed by atoms with Gasteiger partial charge in [0.25, 0.3) is 0 Å². The van der Waals surface area contributed by atoms with E-state index in [9.17, 15) is 4.79 Å². The van der Waals surface area contributed by atoms with Crippen LogP contribution in [-0.4, -0.2) is 12.5 Å². The van der Waals surface area contributed by atoms with Crippen LogP contribution in [0.2, 0.25) is 0 Å². The highest BCUT2D eigenvalue weighted by molar-refractivity contribution is 5.79. The van der Waals surface area contributed by atoms with Crippen molar-refractivity contribution in [3.63, 3.8) is 0 Å². The highest BCUT2D eigenvalue weighted by atomic mass is 16.1. The predicted molar refractivity (Wildman–Crippen MR) is 70.0 cm³/mol. The molecule has 0 aromatic heterocycles. The summed E-state index contributed by atoms with van der Waals surface area (Å²) in [5.74, 6) is 0.403. The summed E-state index contributed by atoms with van der Waals surface area (Å²) >= 11 is 0. The monoisotopic (exact) mass is 231 g/mol. The van der Waals surface area contributed by atoms with Gasteiger partial charge in [-0.1, -0.05) is 35.7 Å². The second-order valence-electron chi connectivity index (χ2n) is 5.18. The molecule has 2 rings (SSSR count). The van der Waals surface area contributed by atoms with Crippen molar-refractivity contribution in [3.8, 4) is 0 Å². The van der Waals surface area contributed by atoms with Crippen molar-refractivity contribution in [1.29, 1.82) is 0 Å². The van der Waals surface area contributed by atoms with Gasteiger partial charge in [-0.2, -0.15) is 0 Å². The molecule has 2 heteroatoms. The van der Waals surface area contributed by atoms with Gasteiger partial charge in [0, 0.05) is 12.5 Å². The van der Waals surface area contributed by atoms with E-state index in [1.807, 2.05) is 0 Å². The summed E-state index contributed by atoms with van der Waals surface area (Å²) in [7, 11) is 0. The lowest BCUT2D eigenvalue weighted by Gasteiger charge is -2.14. The molecule has 1 N–H and O–H groups in total. The van der Waals surface area contributed by atoms with Crippen molar-refractivity contribution in [3.05, 3.63) is 34.9 Å². The molecule has 1 aliphatic heterocycles. The van der Waals surface area contributed by atoms with Crippen molar-refractivity contribution < 1.29 is 4.79 Å². The van der Waals surface area contributed by atoms with E-state index in [-0.39, 0.29) is 11.8 Å². The van der Waals surface area contributed by atoms with Crippen LogP contribution in [0, 0.1) is 19.8 Å². The number of carbonyl (C=O) groups is 1. The van der Waals surface area contributed by atoms with Crippen molar-refractivity contribution >= 4 is 5.91 Å². The second-order valence-corrected chi connectivity index (χ2v) is 5.18. The molecule has 1 aromatic rings. The maximum Gasteiger partial charge on any atom is 0.223 e. The Bertz CT molecular complexity index is 391. The van der Waals surface area contributed by atoms with E-state index in [1.165, 1.54) is 16.7 Å². The van der Waals surface area contributed by atoms with Crippen LogP contribution < -0.4 is 5.32 Å². The van der Waals surface area contributed by atoms with E-state index in [4.69, 9.17) is 0 Å². The molecule has 17 heavy (non-hydrogen) atoms. The molecule has 1 aliphatic rings. The van der Waals surface area contributed by atoms with Gasteiger partial charge in [-0.15, -0.1) is 0 Å². The molecule has 0 bridgehead atoms. The first-order valence-electron chi connectivity index (χ1n) is 6.50. The van der Waals surface area contributed by atoms with Gasteiger partial charge in [0.2, 0.25) is 5.91 Å². The first-order valence-corrected chi connectivity index (χ1v) is 6.50. The molecule has 1 saturated heterocycles. The Balaban J connectivity index is 2.10. The summed E-state index contributed by atoms with van der Waals surface area (Å²) < 4.78 is 0. The number of hydrogen-bond acceptors (Lipinski definition) is 1. The maximum atomic E-state index is 11.9. The lowest BCUT2D eigenvalue weighted by atomic mass is 9.93. The highest BCUT2D eigenvalue weighted by Gasteiger charge is 2.20. The normalized spacial score (nSPS) is 20.8. The number of benzene rings is 1. The Morgan fingerprint density at radius 2 is 1.88 bits per heavy atom. The lowest BCUT2D eigenvalue weighted by molar-refractivity contribution is -0.124. The van der Waals surface area contributed by atoms with E-state index < -0.39 is 0 Å². The molecule has 1 unspecified atom stereocenters. The van der Waals surface area contributed by atoms with Crippen molar-refractivity contribution in [2.75, 3.05) is 6.54 Å². The van der Waals surface area contributed by atoms with Crippen LogP contribution in [0.15, 0.2) is 18.2 Å². The molecule has 0 aliphatic carbocycles. The molecule has 2 nitrogen and oxygen atoms in total. The average Bonchev–Trinajstić information content (AvgIpc) is 2.43. The molecule has 0 radical (unpaired) electrons. The maximum absolute atomic E-state index is 11.9. The fourth-order valence-corrected chi connectivity index (χ4v) is 2.67. The van der Waals surface area contributed by atoms with E-state index in [2.05, 4.69) is 37.4 Å². The summed E-state index contributed by atoms with van der Waals surface area (Å²) in [4.78, 5) is 11.9. The SMILES string of the molecule is Cc1cc(C)cc(CC2CCCCNC2=O)c1. The van der Waals surface area contributed by atoms with Crippen molar-refractivity contribution in [2.45, 2.75) is 39.5 Å². The van der Waals surface area contributed by atoms with Crippen LogP contribution in [0.25, 0.3) is 0 Å². The fourth-order valence-electron chi connectivity index (χ4n) is 2.67. The summed E-state index contributed by atoms with van der Waals surface area (Å²) in [6, 6.07) is 6.58. The smallest absolute Gasteiger partial charge is 0.223 e. The standard InChI is InChI=1S/C15H21NO/c1-11-7-12(2)9-13(8-11)10-14-5-3-4-6-16-15(14)17/h7-9,14H,3-6,10H2,1-2H3,(H,16,17). The van der Waals surface area contributed by atoms with Gasteiger partial charge in [-0.25, -0.2) is 0 Å². The number of aryl methyl sites for hydroxylation is 2. The molecule has 1 fully saturated rings. The molecule has 0 saturated carbocycles. The third-order valence-corrected chi connectivity index (χ3v) is 3.41. The van der Waals surface area contributed by atoms with Gasteiger partial charge in [0.1, 0.15) is 0 Å².